The number of nitrogens with zero attached hydrogens (tertiary/aromatic N) is 6. The summed E-state index contributed by atoms with van der Waals surface area (Å²) in [5.74, 6) is 0.904. The Morgan fingerprint density at radius 2 is 1.86 bits per heavy atom. The Bertz CT molecular complexity index is 1030. The van der Waals surface area contributed by atoms with Crippen LogP contribution < -0.4 is 0 Å². The molecule has 0 fully saturated rings. The van der Waals surface area contributed by atoms with Gasteiger partial charge in [0.1, 0.15) is 5.69 Å². The van der Waals surface area contributed by atoms with Crippen LogP contribution in [0.15, 0.2) is 53.2 Å². The van der Waals surface area contributed by atoms with Gasteiger partial charge >= 0.3 is 0 Å². The molecular formula is C21H22N6O2. The minimum absolute atomic E-state index is 0.129. The lowest BCUT2D eigenvalue weighted by Crippen LogP contribution is -2.40. The predicted octanol–water partition coefficient (Wildman–Crippen LogP) is 2.37. The Morgan fingerprint density at radius 1 is 1.10 bits per heavy atom. The molecule has 0 aliphatic carbocycles. The zero-order valence-electron chi connectivity index (χ0n) is 16.4. The third-order valence-electron chi connectivity index (χ3n) is 4.64. The number of amides is 1. The topological polar surface area (TPSA) is 88.3 Å². The van der Waals surface area contributed by atoms with E-state index in [1.165, 1.54) is 0 Å². The highest BCUT2D eigenvalue weighted by Crippen LogP contribution is 2.25. The van der Waals surface area contributed by atoms with Gasteiger partial charge in [-0.2, -0.15) is 0 Å². The second-order valence-corrected chi connectivity index (χ2v) is 7.12. The van der Waals surface area contributed by atoms with Crippen LogP contribution in [0.5, 0.6) is 0 Å². The molecule has 1 amide bonds. The van der Waals surface area contributed by atoms with Gasteiger partial charge in [0.25, 0.3) is 5.89 Å². The van der Waals surface area contributed by atoms with Gasteiger partial charge in [-0.15, -0.1) is 10.2 Å². The van der Waals surface area contributed by atoms with Crippen molar-refractivity contribution in [1.82, 2.24) is 30.0 Å². The number of benzene rings is 1. The lowest BCUT2D eigenvalue weighted by Gasteiger charge is -2.27. The Morgan fingerprint density at radius 3 is 2.59 bits per heavy atom. The fraction of sp³-hybridized carbons (Fsp3) is 0.286. The first-order valence-electron chi connectivity index (χ1n) is 9.43. The number of carbonyl (C=O) groups excluding carboxylic acids is 1. The van der Waals surface area contributed by atoms with Crippen LogP contribution >= 0.6 is 0 Å². The van der Waals surface area contributed by atoms with E-state index in [9.17, 15) is 4.79 Å². The number of carbonyl (C=O) groups is 1. The van der Waals surface area contributed by atoms with E-state index < -0.39 is 0 Å². The minimum Gasteiger partial charge on any atom is -0.415 e. The van der Waals surface area contributed by atoms with Gasteiger partial charge in [-0.25, -0.2) is 4.98 Å². The first kappa shape index (κ1) is 18.9. The molecule has 0 saturated heterocycles. The molecule has 3 heterocycles. The third kappa shape index (κ3) is 4.38. The average Bonchev–Trinajstić information content (AvgIpc) is 3.25. The van der Waals surface area contributed by atoms with Crippen molar-refractivity contribution in [2.45, 2.75) is 6.42 Å². The Kier molecular flexibility index (Phi) is 5.44. The van der Waals surface area contributed by atoms with Crippen LogP contribution in [0, 0.1) is 0 Å². The SMILES string of the molecule is CN(C)CC(=O)N1CC=C(c2cncc(-c3nnc(-c4ccccc4)o3)n2)CC1. The van der Waals surface area contributed by atoms with Crippen molar-refractivity contribution in [2.24, 2.45) is 0 Å². The highest BCUT2D eigenvalue weighted by atomic mass is 16.4. The molecule has 3 aromatic rings. The van der Waals surface area contributed by atoms with Gasteiger partial charge in [-0.05, 0) is 38.2 Å². The monoisotopic (exact) mass is 390 g/mol. The molecule has 2 aromatic heterocycles. The lowest BCUT2D eigenvalue weighted by molar-refractivity contribution is -0.131. The van der Waals surface area contributed by atoms with Gasteiger partial charge in [-0.3, -0.25) is 9.78 Å². The molecule has 8 nitrogen and oxygen atoms in total. The second-order valence-electron chi connectivity index (χ2n) is 7.12. The molecule has 1 aromatic carbocycles. The Balaban J connectivity index is 1.51. The number of rotatable bonds is 5. The average molecular weight is 390 g/mol. The van der Waals surface area contributed by atoms with Crippen molar-refractivity contribution in [3.8, 4) is 23.0 Å². The largest absolute Gasteiger partial charge is 0.415 e. The number of hydrogen-bond donors (Lipinski definition) is 0. The molecule has 1 aliphatic heterocycles. The standard InChI is InChI=1S/C21H22N6O2/c1-26(2)14-19(28)27-10-8-15(9-11-27)17-12-22-13-18(23-17)21-25-24-20(29-21)16-6-4-3-5-7-16/h3-8,12-13H,9-11,14H2,1-2H3. The molecule has 0 spiro atoms. The summed E-state index contributed by atoms with van der Waals surface area (Å²) >= 11 is 0. The molecule has 8 heteroatoms. The fourth-order valence-corrected chi connectivity index (χ4v) is 3.15. The van der Waals surface area contributed by atoms with Gasteiger partial charge in [0.15, 0.2) is 0 Å². The summed E-state index contributed by atoms with van der Waals surface area (Å²) < 4.78 is 5.78. The molecule has 0 unspecified atom stereocenters. The summed E-state index contributed by atoms with van der Waals surface area (Å²) in [6.45, 7) is 1.66. The van der Waals surface area contributed by atoms with Crippen LogP contribution in [0.1, 0.15) is 12.1 Å². The third-order valence-corrected chi connectivity index (χ3v) is 4.64. The van der Waals surface area contributed by atoms with E-state index in [0.717, 1.165) is 23.3 Å². The zero-order chi connectivity index (χ0) is 20.2. The smallest absolute Gasteiger partial charge is 0.268 e. The molecule has 148 valence electrons. The maximum atomic E-state index is 12.2. The molecule has 0 bridgehead atoms. The molecule has 0 radical (unpaired) electrons. The molecule has 4 rings (SSSR count). The van der Waals surface area contributed by atoms with Crippen LogP contribution in [0.25, 0.3) is 28.6 Å². The zero-order valence-corrected chi connectivity index (χ0v) is 16.4. The van der Waals surface area contributed by atoms with Crippen molar-refractivity contribution in [3.63, 3.8) is 0 Å². The normalized spacial score (nSPS) is 14.2. The quantitative estimate of drug-likeness (QED) is 0.661. The first-order chi connectivity index (χ1) is 14.1. The van der Waals surface area contributed by atoms with Crippen molar-refractivity contribution in [3.05, 3.63) is 54.5 Å². The van der Waals surface area contributed by atoms with E-state index in [1.807, 2.05) is 60.3 Å². The summed E-state index contributed by atoms with van der Waals surface area (Å²) in [6, 6.07) is 9.59. The molecule has 0 saturated carbocycles. The maximum Gasteiger partial charge on any atom is 0.268 e. The van der Waals surface area contributed by atoms with Gasteiger partial charge in [-0.1, -0.05) is 24.3 Å². The van der Waals surface area contributed by atoms with Crippen molar-refractivity contribution in [2.75, 3.05) is 33.7 Å². The van der Waals surface area contributed by atoms with E-state index in [4.69, 9.17) is 4.42 Å². The first-order valence-corrected chi connectivity index (χ1v) is 9.43. The maximum absolute atomic E-state index is 12.2. The number of likely N-dealkylation sites (N-methyl/N-ethyl adjacent to an activating group) is 1. The van der Waals surface area contributed by atoms with Gasteiger partial charge in [0.05, 0.1) is 24.6 Å². The van der Waals surface area contributed by atoms with Gasteiger partial charge in [0.2, 0.25) is 11.8 Å². The number of aromatic nitrogens is 4. The lowest BCUT2D eigenvalue weighted by atomic mass is 10.0. The Hall–Kier alpha value is -3.39. The van der Waals surface area contributed by atoms with Crippen molar-refractivity contribution in [1.29, 1.82) is 0 Å². The summed E-state index contributed by atoms with van der Waals surface area (Å²) in [5.41, 5.74) is 3.22. The molecule has 0 N–H and O–H groups in total. The van der Waals surface area contributed by atoms with E-state index >= 15 is 0 Å². The predicted molar refractivity (Wildman–Crippen MR) is 108 cm³/mol. The molecule has 0 atom stereocenters. The Labute approximate surface area is 168 Å². The summed E-state index contributed by atoms with van der Waals surface area (Å²) in [5, 5.41) is 8.23. The van der Waals surface area contributed by atoms with Crippen LogP contribution in [0.2, 0.25) is 0 Å². The van der Waals surface area contributed by atoms with E-state index in [0.29, 0.717) is 37.1 Å². The summed E-state index contributed by atoms with van der Waals surface area (Å²) in [4.78, 5) is 24.9. The fourth-order valence-electron chi connectivity index (χ4n) is 3.15. The highest BCUT2D eigenvalue weighted by molar-refractivity contribution is 5.79. The van der Waals surface area contributed by atoms with Crippen LogP contribution in [-0.2, 0) is 4.79 Å². The van der Waals surface area contributed by atoms with Gasteiger partial charge < -0.3 is 14.2 Å². The van der Waals surface area contributed by atoms with Crippen molar-refractivity contribution < 1.29 is 9.21 Å². The van der Waals surface area contributed by atoms with Crippen LogP contribution in [0.3, 0.4) is 0 Å². The molecular weight excluding hydrogens is 368 g/mol. The number of hydrogen-bond acceptors (Lipinski definition) is 7. The minimum atomic E-state index is 0.129. The van der Waals surface area contributed by atoms with Crippen molar-refractivity contribution >= 4 is 11.5 Å². The molecule has 1 aliphatic rings. The second kappa shape index (κ2) is 8.32. The summed E-state index contributed by atoms with van der Waals surface area (Å²) in [6.07, 6.45) is 6.10. The summed E-state index contributed by atoms with van der Waals surface area (Å²) in [7, 11) is 3.79. The van der Waals surface area contributed by atoms with E-state index in [-0.39, 0.29) is 5.91 Å². The van der Waals surface area contributed by atoms with E-state index in [1.54, 1.807) is 12.4 Å². The van der Waals surface area contributed by atoms with E-state index in [2.05, 4.69) is 20.2 Å². The van der Waals surface area contributed by atoms with Crippen LogP contribution in [0.4, 0.5) is 0 Å². The highest BCUT2D eigenvalue weighted by Gasteiger charge is 2.20. The van der Waals surface area contributed by atoms with Crippen LogP contribution in [-0.4, -0.2) is 69.6 Å². The molecule has 29 heavy (non-hydrogen) atoms. The van der Waals surface area contributed by atoms with Gasteiger partial charge in [0, 0.05) is 18.7 Å².